The maximum atomic E-state index is 6.49. The molecule has 3 unspecified atom stereocenters. The molecule has 0 saturated carbocycles. The van der Waals surface area contributed by atoms with Crippen LogP contribution in [0.2, 0.25) is 0 Å². The zero-order valence-corrected chi connectivity index (χ0v) is 28.2. The Kier molecular flexibility index (Phi) is 6.48. The average molecular weight is 678 g/mol. The summed E-state index contributed by atoms with van der Waals surface area (Å²) in [5.74, 6) is 0. The molecule has 0 radical (unpaired) electrons. The Morgan fingerprint density at radius 3 is 1.86 bits per heavy atom. The number of benzene rings is 7. The topological polar surface area (TPSA) is 62.4 Å². The fourth-order valence-corrected chi connectivity index (χ4v) is 9.09. The number of thiophene rings is 1. The molecule has 244 valence electrons. The van der Waals surface area contributed by atoms with E-state index in [1.165, 1.54) is 31.3 Å². The summed E-state index contributed by atoms with van der Waals surface area (Å²) in [6.45, 7) is 0. The van der Waals surface area contributed by atoms with E-state index in [0.717, 1.165) is 60.6 Å². The van der Waals surface area contributed by atoms with Gasteiger partial charge >= 0.3 is 0 Å². The second-order valence-corrected chi connectivity index (χ2v) is 14.5. The van der Waals surface area contributed by atoms with Crippen LogP contribution in [0.1, 0.15) is 35.2 Å². The Hall–Kier alpha value is -5.76. The van der Waals surface area contributed by atoms with Crippen LogP contribution in [-0.2, 0) is 0 Å². The number of furan rings is 2. The predicted octanol–water partition coefficient (Wildman–Crippen LogP) is 11.7. The van der Waals surface area contributed by atoms with Crippen molar-refractivity contribution in [2.24, 2.45) is 0 Å². The molecule has 3 atom stereocenters. The summed E-state index contributed by atoms with van der Waals surface area (Å²) >= 11 is 1.84. The molecule has 0 spiro atoms. The van der Waals surface area contributed by atoms with Crippen molar-refractivity contribution in [3.8, 4) is 11.1 Å². The highest BCUT2D eigenvalue weighted by atomic mass is 32.1. The molecular weight excluding hydrogens is 647 g/mol. The van der Waals surface area contributed by atoms with Gasteiger partial charge in [-0.15, -0.1) is 11.3 Å². The summed E-state index contributed by atoms with van der Waals surface area (Å²) in [6, 6.07) is 53.7. The summed E-state index contributed by atoms with van der Waals surface area (Å²) in [5.41, 5.74) is 9.39. The largest absolute Gasteiger partial charge is 0.456 e. The van der Waals surface area contributed by atoms with Crippen LogP contribution >= 0.6 is 11.3 Å². The normalized spacial score (nSPS) is 18.2. The molecule has 4 heterocycles. The number of hydrogen-bond acceptors (Lipinski definition) is 6. The minimum atomic E-state index is -0.163. The Bertz CT molecular complexity index is 2940. The quantitative estimate of drug-likeness (QED) is 0.173. The molecular formula is C45H31N3O2S. The summed E-state index contributed by atoms with van der Waals surface area (Å²) in [4.78, 5) is 0. The molecule has 7 aromatic carbocycles. The van der Waals surface area contributed by atoms with Gasteiger partial charge in [-0.3, -0.25) is 16.0 Å². The van der Waals surface area contributed by atoms with Crippen molar-refractivity contribution in [1.82, 2.24) is 16.0 Å². The number of fused-ring (bicyclic) bond motifs is 9. The Morgan fingerprint density at radius 2 is 1.06 bits per heavy atom. The van der Waals surface area contributed by atoms with Crippen LogP contribution in [0, 0.1) is 0 Å². The summed E-state index contributed by atoms with van der Waals surface area (Å²) < 4.78 is 15.4. The van der Waals surface area contributed by atoms with Gasteiger partial charge < -0.3 is 8.83 Å². The smallest absolute Gasteiger partial charge is 0.143 e. The van der Waals surface area contributed by atoms with Gasteiger partial charge in [-0.05, 0) is 47.0 Å². The van der Waals surface area contributed by atoms with E-state index in [-0.39, 0.29) is 18.5 Å². The molecule has 0 amide bonds. The third-order valence-electron chi connectivity index (χ3n) is 10.4. The lowest BCUT2D eigenvalue weighted by Gasteiger charge is -2.39. The lowest BCUT2D eigenvalue weighted by Crippen LogP contribution is -2.54. The van der Waals surface area contributed by atoms with E-state index in [1.54, 1.807) is 0 Å². The van der Waals surface area contributed by atoms with Gasteiger partial charge in [-0.2, -0.15) is 0 Å². The predicted molar refractivity (Wildman–Crippen MR) is 210 cm³/mol. The third kappa shape index (κ3) is 4.65. The van der Waals surface area contributed by atoms with Crippen molar-refractivity contribution >= 4 is 75.4 Å². The second kappa shape index (κ2) is 11.4. The highest BCUT2D eigenvalue weighted by Gasteiger charge is 2.31. The molecule has 3 aromatic heterocycles. The van der Waals surface area contributed by atoms with Crippen molar-refractivity contribution in [3.05, 3.63) is 168 Å². The molecule has 6 heteroatoms. The SMILES string of the molecule is c1ccc(C2NC(c3ccc4sc5cc(-c6cccc7c6oc6ccccc67)ccc5c4c3)NC(c3cccc4c3oc3ccccc34)N2)cc1. The molecule has 1 aliphatic heterocycles. The number of rotatable bonds is 4. The Labute approximate surface area is 297 Å². The number of hydrogen-bond donors (Lipinski definition) is 3. The first-order valence-electron chi connectivity index (χ1n) is 17.4. The highest BCUT2D eigenvalue weighted by Crippen LogP contribution is 2.41. The van der Waals surface area contributed by atoms with Crippen LogP contribution < -0.4 is 16.0 Å². The Balaban J connectivity index is 0.995. The van der Waals surface area contributed by atoms with Crippen molar-refractivity contribution in [2.75, 3.05) is 0 Å². The molecule has 3 N–H and O–H groups in total. The monoisotopic (exact) mass is 677 g/mol. The minimum Gasteiger partial charge on any atom is -0.456 e. The molecule has 11 rings (SSSR count). The molecule has 1 fully saturated rings. The van der Waals surface area contributed by atoms with E-state index in [9.17, 15) is 0 Å². The second-order valence-electron chi connectivity index (χ2n) is 13.4. The molecule has 1 saturated heterocycles. The fourth-order valence-electron chi connectivity index (χ4n) is 7.97. The van der Waals surface area contributed by atoms with Crippen LogP contribution in [0.3, 0.4) is 0 Å². The molecule has 5 nitrogen and oxygen atoms in total. The van der Waals surface area contributed by atoms with E-state index in [4.69, 9.17) is 8.83 Å². The van der Waals surface area contributed by atoms with Crippen LogP contribution in [0.5, 0.6) is 0 Å². The van der Waals surface area contributed by atoms with E-state index >= 15 is 0 Å². The van der Waals surface area contributed by atoms with Crippen LogP contribution in [-0.4, -0.2) is 0 Å². The first-order valence-corrected chi connectivity index (χ1v) is 18.2. The molecule has 0 aliphatic carbocycles. The van der Waals surface area contributed by atoms with E-state index in [0.29, 0.717) is 0 Å². The lowest BCUT2D eigenvalue weighted by molar-refractivity contribution is 0.203. The maximum Gasteiger partial charge on any atom is 0.143 e. The summed E-state index contributed by atoms with van der Waals surface area (Å²) in [7, 11) is 0. The van der Waals surface area contributed by atoms with Crippen molar-refractivity contribution in [2.45, 2.75) is 18.5 Å². The molecule has 51 heavy (non-hydrogen) atoms. The summed E-state index contributed by atoms with van der Waals surface area (Å²) in [5, 5.41) is 18.7. The van der Waals surface area contributed by atoms with Gasteiger partial charge in [-0.25, -0.2) is 0 Å². The maximum absolute atomic E-state index is 6.49. The van der Waals surface area contributed by atoms with Crippen molar-refractivity contribution in [3.63, 3.8) is 0 Å². The fraction of sp³-hybridized carbons (Fsp3) is 0.0667. The first-order chi connectivity index (χ1) is 25.2. The van der Waals surface area contributed by atoms with E-state index in [1.807, 2.05) is 35.6 Å². The lowest BCUT2D eigenvalue weighted by atomic mass is 10.00. The van der Waals surface area contributed by atoms with Gasteiger partial charge in [0.25, 0.3) is 0 Å². The van der Waals surface area contributed by atoms with Gasteiger partial charge in [-0.1, -0.05) is 121 Å². The average Bonchev–Trinajstić information content (AvgIpc) is 3.88. The highest BCUT2D eigenvalue weighted by molar-refractivity contribution is 7.25. The van der Waals surface area contributed by atoms with E-state index < -0.39 is 0 Å². The minimum absolute atomic E-state index is 0.0829. The number of para-hydroxylation sites is 4. The molecule has 0 bridgehead atoms. The van der Waals surface area contributed by atoms with E-state index in [2.05, 4.69) is 143 Å². The van der Waals surface area contributed by atoms with Gasteiger partial charge in [0.1, 0.15) is 22.3 Å². The third-order valence-corrected chi connectivity index (χ3v) is 11.6. The molecule has 10 aromatic rings. The Morgan fingerprint density at radius 1 is 0.412 bits per heavy atom. The number of nitrogens with one attached hydrogen (secondary N) is 3. The van der Waals surface area contributed by atoms with Crippen LogP contribution in [0.25, 0.3) is 75.2 Å². The van der Waals surface area contributed by atoms with Gasteiger partial charge in [0, 0.05) is 52.8 Å². The van der Waals surface area contributed by atoms with Crippen molar-refractivity contribution in [1.29, 1.82) is 0 Å². The van der Waals surface area contributed by atoms with Gasteiger partial charge in [0.15, 0.2) is 0 Å². The van der Waals surface area contributed by atoms with Gasteiger partial charge in [0.2, 0.25) is 0 Å². The van der Waals surface area contributed by atoms with Gasteiger partial charge in [0.05, 0.1) is 18.5 Å². The summed E-state index contributed by atoms with van der Waals surface area (Å²) in [6.07, 6.45) is -0.366. The van der Waals surface area contributed by atoms with Crippen LogP contribution in [0.4, 0.5) is 0 Å². The zero-order chi connectivity index (χ0) is 33.5. The van der Waals surface area contributed by atoms with Crippen LogP contribution in [0.15, 0.2) is 160 Å². The zero-order valence-electron chi connectivity index (χ0n) is 27.4. The first kappa shape index (κ1) is 29.0. The molecule has 1 aliphatic rings. The standard InChI is InChI=1S/C45H31N3O2S/c1-2-10-26(11-3-1)43-46-44(48-45(47-43)35-17-9-16-34-31-13-5-7-19-38(31)50-42(34)35)28-21-23-39-36(24-28)32-22-20-27(25-40(32)51-39)29-14-8-15-33-30-12-4-6-18-37(30)49-41(29)33/h1-25,43-48H. The van der Waals surface area contributed by atoms with Crippen molar-refractivity contribution < 1.29 is 8.83 Å².